The van der Waals surface area contributed by atoms with Crippen molar-refractivity contribution in [3.05, 3.63) is 71.0 Å². The first kappa shape index (κ1) is 22.9. The van der Waals surface area contributed by atoms with E-state index >= 15 is 0 Å². The van der Waals surface area contributed by atoms with E-state index in [0.29, 0.717) is 16.3 Å². The summed E-state index contributed by atoms with van der Waals surface area (Å²) in [4.78, 5) is 30.9. The summed E-state index contributed by atoms with van der Waals surface area (Å²) in [6.45, 7) is 5.73. The topological polar surface area (TPSA) is 76.0 Å². The Morgan fingerprint density at radius 3 is 2.42 bits per heavy atom. The Balaban J connectivity index is 1.69. The van der Waals surface area contributed by atoms with E-state index in [2.05, 4.69) is 15.6 Å². The second-order valence-corrected chi connectivity index (χ2v) is 9.07. The molecule has 3 rings (SSSR count). The van der Waals surface area contributed by atoms with Gasteiger partial charge in [0.2, 0.25) is 5.91 Å². The van der Waals surface area contributed by atoms with Crippen LogP contribution >= 0.6 is 23.4 Å². The molecule has 1 heterocycles. The van der Waals surface area contributed by atoms with Crippen LogP contribution in [0.1, 0.15) is 29.8 Å². The summed E-state index contributed by atoms with van der Waals surface area (Å²) >= 11 is 7.44. The number of hydrogen-bond donors (Lipinski definition) is 2. The third-order valence-corrected chi connectivity index (χ3v) is 6.10. The highest BCUT2D eigenvalue weighted by atomic mass is 35.5. The molecule has 0 aliphatic rings. The largest absolute Gasteiger partial charge is 0.340 e. The van der Waals surface area contributed by atoms with Crippen molar-refractivity contribution in [3.8, 4) is 0 Å². The quantitative estimate of drug-likeness (QED) is 0.528. The van der Waals surface area contributed by atoms with Crippen LogP contribution in [0.3, 0.4) is 0 Å². The van der Waals surface area contributed by atoms with Crippen molar-refractivity contribution < 1.29 is 9.59 Å². The van der Waals surface area contributed by atoms with Gasteiger partial charge in [0.1, 0.15) is 6.04 Å². The monoisotopic (exact) mass is 456 g/mol. The normalized spacial score (nSPS) is 11.9. The predicted molar refractivity (Wildman–Crippen MR) is 125 cm³/mol. The Morgan fingerprint density at radius 2 is 1.84 bits per heavy atom. The fraction of sp³-hybridized carbons (Fsp3) is 0.261. The number of halogens is 1. The van der Waals surface area contributed by atoms with E-state index in [9.17, 15) is 9.59 Å². The van der Waals surface area contributed by atoms with Gasteiger partial charge >= 0.3 is 0 Å². The van der Waals surface area contributed by atoms with Gasteiger partial charge in [0.05, 0.1) is 0 Å². The molecular weight excluding hydrogens is 432 g/mol. The molecule has 1 atom stereocenters. The smallest absolute Gasteiger partial charge is 0.251 e. The van der Waals surface area contributed by atoms with E-state index in [1.807, 2.05) is 56.8 Å². The predicted octanol–water partition coefficient (Wildman–Crippen LogP) is 4.93. The Kier molecular flexibility index (Phi) is 7.41. The lowest BCUT2D eigenvalue weighted by Gasteiger charge is -2.22. The van der Waals surface area contributed by atoms with Crippen LogP contribution in [0.4, 0.5) is 5.69 Å². The molecule has 1 aromatic heterocycles. The van der Waals surface area contributed by atoms with Crippen LogP contribution in [0, 0.1) is 12.8 Å². The zero-order valence-corrected chi connectivity index (χ0v) is 19.4. The van der Waals surface area contributed by atoms with Crippen LogP contribution in [0.15, 0.2) is 64.9 Å². The molecule has 0 unspecified atom stereocenters. The Bertz CT molecular complexity index is 1080. The maximum Gasteiger partial charge on any atom is 0.251 e. The van der Waals surface area contributed by atoms with Crippen molar-refractivity contribution in [2.75, 3.05) is 5.32 Å². The number of anilines is 1. The lowest BCUT2D eigenvalue weighted by Crippen LogP contribution is -2.47. The molecule has 0 aliphatic carbocycles. The molecule has 0 bridgehead atoms. The average Bonchev–Trinajstić information content (AvgIpc) is 3.12. The molecule has 8 heteroatoms. The van der Waals surface area contributed by atoms with Gasteiger partial charge in [-0.25, -0.2) is 4.98 Å². The first-order valence-electron chi connectivity index (χ1n) is 9.87. The molecule has 2 amide bonds. The summed E-state index contributed by atoms with van der Waals surface area (Å²) in [5.41, 5.74) is 2.09. The summed E-state index contributed by atoms with van der Waals surface area (Å²) in [5.74, 6) is -0.663. The van der Waals surface area contributed by atoms with Gasteiger partial charge < -0.3 is 15.2 Å². The number of nitrogens with zero attached hydrogens (tertiary/aromatic N) is 2. The third-order valence-electron chi connectivity index (χ3n) is 4.78. The van der Waals surface area contributed by atoms with Gasteiger partial charge in [0.25, 0.3) is 5.91 Å². The lowest BCUT2D eigenvalue weighted by atomic mass is 10.0. The maximum absolute atomic E-state index is 12.9. The summed E-state index contributed by atoms with van der Waals surface area (Å²) in [6.07, 6.45) is 3.66. The molecular formula is C23H25ClN4O2S. The van der Waals surface area contributed by atoms with Crippen LogP contribution < -0.4 is 10.6 Å². The van der Waals surface area contributed by atoms with Gasteiger partial charge in [-0.1, -0.05) is 37.2 Å². The molecule has 3 aromatic rings. The van der Waals surface area contributed by atoms with Gasteiger partial charge in [-0.05, 0) is 60.9 Å². The van der Waals surface area contributed by atoms with Gasteiger partial charge in [0.15, 0.2) is 5.16 Å². The molecule has 2 aromatic carbocycles. The number of aromatic nitrogens is 2. The summed E-state index contributed by atoms with van der Waals surface area (Å²) in [5, 5.41) is 7.22. The highest BCUT2D eigenvalue weighted by Crippen LogP contribution is 2.29. The molecule has 0 fully saturated rings. The minimum atomic E-state index is -0.677. The van der Waals surface area contributed by atoms with E-state index in [0.717, 1.165) is 15.6 Å². The number of imidazole rings is 1. The van der Waals surface area contributed by atoms with Crippen molar-refractivity contribution in [2.24, 2.45) is 13.0 Å². The molecule has 0 saturated heterocycles. The highest BCUT2D eigenvalue weighted by Gasteiger charge is 2.25. The number of rotatable bonds is 7. The van der Waals surface area contributed by atoms with E-state index in [1.165, 1.54) is 0 Å². The second-order valence-electron chi connectivity index (χ2n) is 7.59. The maximum atomic E-state index is 12.9. The lowest BCUT2D eigenvalue weighted by molar-refractivity contribution is -0.118. The van der Waals surface area contributed by atoms with Crippen LogP contribution in [0.5, 0.6) is 0 Å². The Morgan fingerprint density at radius 1 is 1.13 bits per heavy atom. The second kappa shape index (κ2) is 10.0. The van der Waals surface area contributed by atoms with Crippen LogP contribution in [0.2, 0.25) is 5.02 Å². The Hall–Kier alpha value is -2.77. The Labute approximate surface area is 191 Å². The number of carbonyl (C=O) groups is 2. The first-order chi connectivity index (χ1) is 14.7. The number of benzene rings is 2. The standard InChI is InChI=1S/C23H25ClN4O2S/c1-14(2)20(27-21(29)16-5-7-17(24)8-6-16)22(30)26-19-10-9-18(13-15(19)3)31-23-25-11-12-28(23)4/h5-14,20H,1-4H3,(H,26,30)(H,27,29)/t20-/m1/s1. The SMILES string of the molecule is Cc1cc(Sc2nccn2C)ccc1NC(=O)[C@H](NC(=O)c1ccc(Cl)cc1)C(C)C. The van der Waals surface area contributed by atoms with E-state index < -0.39 is 6.04 Å². The van der Waals surface area contributed by atoms with Crippen molar-refractivity contribution >= 4 is 40.9 Å². The molecule has 0 saturated carbocycles. The van der Waals surface area contributed by atoms with Crippen molar-refractivity contribution in [2.45, 2.75) is 36.9 Å². The molecule has 2 N–H and O–H groups in total. The van der Waals surface area contributed by atoms with Crippen molar-refractivity contribution in [1.29, 1.82) is 0 Å². The zero-order valence-electron chi connectivity index (χ0n) is 17.8. The third kappa shape index (κ3) is 5.89. The van der Waals surface area contributed by atoms with E-state index in [4.69, 9.17) is 11.6 Å². The van der Waals surface area contributed by atoms with Gasteiger partial charge in [0, 0.05) is 40.6 Å². The summed E-state index contributed by atoms with van der Waals surface area (Å²) in [7, 11) is 1.95. The summed E-state index contributed by atoms with van der Waals surface area (Å²) < 4.78 is 1.95. The first-order valence-corrected chi connectivity index (χ1v) is 11.1. The minimum absolute atomic E-state index is 0.0881. The number of carbonyl (C=O) groups excluding carboxylic acids is 2. The number of aryl methyl sites for hydroxylation is 2. The zero-order chi connectivity index (χ0) is 22.5. The molecule has 0 spiro atoms. The van der Waals surface area contributed by atoms with Gasteiger partial charge in [-0.2, -0.15) is 0 Å². The fourth-order valence-corrected chi connectivity index (χ4v) is 3.99. The van der Waals surface area contributed by atoms with Crippen LogP contribution in [0.25, 0.3) is 0 Å². The molecule has 0 radical (unpaired) electrons. The molecule has 162 valence electrons. The van der Waals surface area contributed by atoms with Crippen LogP contribution in [-0.2, 0) is 11.8 Å². The fourth-order valence-electron chi connectivity index (χ4n) is 2.97. The van der Waals surface area contributed by atoms with Crippen molar-refractivity contribution in [3.63, 3.8) is 0 Å². The van der Waals surface area contributed by atoms with Crippen molar-refractivity contribution in [1.82, 2.24) is 14.9 Å². The van der Waals surface area contributed by atoms with Gasteiger partial charge in [-0.3, -0.25) is 9.59 Å². The van der Waals surface area contributed by atoms with Crippen LogP contribution in [-0.4, -0.2) is 27.4 Å². The summed E-state index contributed by atoms with van der Waals surface area (Å²) in [6, 6.07) is 11.7. The number of nitrogens with one attached hydrogen (secondary N) is 2. The minimum Gasteiger partial charge on any atom is -0.340 e. The average molecular weight is 457 g/mol. The molecule has 0 aliphatic heterocycles. The molecule has 31 heavy (non-hydrogen) atoms. The number of amides is 2. The van der Waals surface area contributed by atoms with E-state index in [1.54, 1.807) is 42.2 Å². The van der Waals surface area contributed by atoms with E-state index in [-0.39, 0.29) is 17.7 Å². The number of hydrogen-bond acceptors (Lipinski definition) is 4. The molecule has 6 nitrogen and oxygen atoms in total. The van der Waals surface area contributed by atoms with Gasteiger partial charge in [-0.15, -0.1) is 0 Å². The highest BCUT2D eigenvalue weighted by molar-refractivity contribution is 7.99.